The molecule has 0 N–H and O–H groups in total. The van der Waals surface area contributed by atoms with Crippen LogP contribution in [0.1, 0.15) is 5.56 Å². The van der Waals surface area contributed by atoms with E-state index in [9.17, 15) is 0 Å². The molecule has 3 heterocycles. The first-order valence-electron chi connectivity index (χ1n) is 8.45. The number of rotatable bonds is 4. The van der Waals surface area contributed by atoms with Gasteiger partial charge in [0.2, 0.25) is 5.88 Å². The van der Waals surface area contributed by atoms with Gasteiger partial charge in [-0.1, -0.05) is 23.7 Å². The Bertz CT molecular complexity index is 745. The number of nitrogens with zero attached hydrogens (tertiary/aromatic N) is 4. The Morgan fingerprint density at radius 3 is 3.08 bits per heavy atom. The minimum absolute atomic E-state index is 0.233. The van der Waals surface area contributed by atoms with E-state index in [0.29, 0.717) is 23.6 Å². The number of halogens is 1. The lowest BCUT2D eigenvalue weighted by Crippen LogP contribution is -2.48. The molecule has 132 valence electrons. The van der Waals surface area contributed by atoms with E-state index in [2.05, 4.69) is 26.8 Å². The highest BCUT2D eigenvalue weighted by Gasteiger charge is 2.39. The smallest absolute Gasteiger partial charge is 0.234 e. The van der Waals surface area contributed by atoms with Gasteiger partial charge >= 0.3 is 0 Å². The molecule has 0 bridgehead atoms. The molecule has 1 aromatic heterocycles. The number of morpholine rings is 1. The average molecular weight is 361 g/mol. The zero-order valence-electron chi connectivity index (χ0n) is 14.1. The van der Waals surface area contributed by atoms with Gasteiger partial charge in [-0.2, -0.15) is 4.98 Å². The first-order valence-corrected chi connectivity index (χ1v) is 8.83. The van der Waals surface area contributed by atoms with Crippen molar-refractivity contribution in [2.45, 2.75) is 18.8 Å². The summed E-state index contributed by atoms with van der Waals surface area (Å²) in [6.45, 7) is 3.91. The van der Waals surface area contributed by atoms with Crippen LogP contribution in [0.15, 0.2) is 36.7 Å². The van der Waals surface area contributed by atoms with Crippen molar-refractivity contribution >= 4 is 17.4 Å². The molecule has 0 spiro atoms. The maximum atomic E-state index is 6.00. The van der Waals surface area contributed by atoms with Crippen LogP contribution in [0.4, 0.5) is 5.82 Å². The fraction of sp³-hybridized carbons (Fsp3) is 0.444. The van der Waals surface area contributed by atoms with Crippen molar-refractivity contribution in [3.8, 4) is 5.88 Å². The van der Waals surface area contributed by atoms with E-state index in [1.807, 2.05) is 24.3 Å². The highest BCUT2D eigenvalue weighted by molar-refractivity contribution is 6.30. The molecule has 6 nitrogen and oxygen atoms in total. The Hall–Kier alpha value is -1.89. The summed E-state index contributed by atoms with van der Waals surface area (Å²) < 4.78 is 11.7. The monoisotopic (exact) mass is 360 g/mol. The molecule has 4 rings (SSSR count). The molecule has 2 unspecified atom stereocenters. The first kappa shape index (κ1) is 16.6. The number of hydrogen-bond donors (Lipinski definition) is 0. The van der Waals surface area contributed by atoms with E-state index >= 15 is 0 Å². The number of aromatic nitrogens is 2. The SMILES string of the molecule is CN1CCOC2CN(c3cncc(OCc4cccc(Cl)c4)n3)CC21. The second-order valence-electron chi connectivity index (χ2n) is 6.50. The molecule has 2 saturated heterocycles. The number of benzene rings is 1. The largest absolute Gasteiger partial charge is 0.472 e. The van der Waals surface area contributed by atoms with Gasteiger partial charge < -0.3 is 14.4 Å². The number of anilines is 1. The van der Waals surface area contributed by atoms with Crippen molar-refractivity contribution in [1.82, 2.24) is 14.9 Å². The lowest BCUT2D eigenvalue weighted by molar-refractivity contribution is -0.0362. The second-order valence-corrected chi connectivity index (χ2v) is 6.93. The van der Waals surface area contributed by atoms with Gasteiger partial charge in [-0.05, 0) is 24.7 Å². The number of fused-ring (bicyclic) bond motifs is 1. The molecule has 2 fully saturated rings. The molecule has 0 amide bonds. The number of likely N-dealkylation sites (N-methyl/N-ethyl adjacent to an activating group) is 1. The van der Waals surface area contributed by atoms with Gasteiger partial charge in [-0.25, -0.2) is 0 Å². The predicted molar refractivity (Wildman–Crippen MR) is 96.2 cm³/mol. The summed E-state index contributed by atoms with van der Waals surface area (Å²) in [7, 11) is 2.15. The van der Waals surface area contributed by atoms with Crippen molar-refractivity contribution in [1.29, 1.82) is 0 Å². The van der Waals surface area contributed by atoms with Gasteiger partial charge in [-0.15, -0.1) is 0 Å². The summed E-state index contributed by atoms with van der Waals surface area (Å²) in [5.74, 6) is 1.34. The van der Waals surface area contributed by atoms with Gasteiger partial charge in [0, 0.05) is 24.7 Å². The fourth-order valence-corrected chi connectivity index (χ4v) is 3.60. The standard InChI is InChI=1S/C18H21ClN4O2/c1-22-5-6-24-16-11-23(10-15(16)22)17-8-20-9-18(21-17)25-12-13-3-2-4-14(19)7-13/h2-4,7-9,15-16H,5-6,10-12H2,1H3. The normalized spacial score (nSPS) is 23.5. The van der Waals surface area contributed by atoms with E-state index < -0.39 is 0 Å². The molecular weight excluding hydrogens is 340 g/mol. The average Bonchev–Trinajstić information content (AvgIpc) is 3.06. The van der Waals surface area contributed by atoms with Gasteiger partial charge in [0.25, 0.3) is 0 Å². The van der Waals surface area contributed by atoms with Gasteiger partial charge in [-0.3, -0.25) is 9.88 Å². The fourth-order valence-electron chi connectivity index (χ4n) is 3.39. The Balaban J connectivity index is 1.43. The maximum Gasteiger partial charge on any atom is 0.234 e. The number of ether oxygens (including phenoxy) is 2. The molecule has 7 heteroatoms. The molecule has 1 aromatic carbocycles. The van der Waals surface area contributed by atoms with E-state index in [-0.39, 0.29) is 6.10 Å². The molecule has 0 aliphatic carbocycles. The van der Waals surface area contributed by atoms with Gasteiger partial charge in [0.1, 0.15) is 6.61 Å². The predicted octanol–water partition coefficient (Wildman–Crippen LogP) is 2.23. The summed E-state index contributed by atoms with van der Waals surface area (Å²) in [5, 5.41) is 0.699. The zero-order valence-corrected chi connectivity index (χ0v) is 14.9. The van der Waals surface area contributed by atoms with Gasteiger partial charge in [0.15, 0.2) is 5.82 Å². The minimum atomic E-state index is 0.233. The molecule has 2 atom stereocenters. The third-order valence-electron chi connectivity index (χ3n) is 4.78. The highest BCUT2D eigenvalue weighted by atomic mass is 35.5. The Morgan fingerprint density at radius 1 is 1.32 bits per heavy atom. The zero-order chi connectivity index (χ0) is 17.2. The minimum Gasteiger partial charge on any atom is -0.472 e. The second kappa shape index (κ2) is 7.15. The van der Waals surface area contributed by atoms with Crippen LogP contribution >= 0.6 is 11.6 Å². The van der Waals surface area contributed by atoms with E-state index in [1.54, 1.807) is 12.4 Å². The van der Waals surface area contributed by atoms with Crippen molar-refractivity contribution in [2.24, 2.45) is 0 Å². The molecule has 2 aromatic rings. The van der Waals surface area contributed by atoms with E-state index in [4.69, 9.17) is 21.1 Å². The first-order chi connectivity index (χ1) is 12.2. The van der Waals surface area contributed by atoms with Crippen LogP contribution in [0.5, 0.6) is 5.88 Å². The van der Waals surface area contributed by atoms with Gasteiger partial charge in [0.05, 0.1) is 31.1 Å². The summed E-state index contributed by atoms with van der Waals surface area (Å²) in [4.78, 5) is 13.5. The van der Waals surface area contributed by atoms with Crippen LogP contribution in [0.25, 0.3) is 0 Å². The molecular formula is C18H21ClN4O2. The van der Waals surface area contributed by atoms with Crippen molar-refractivity contribution < 1.29 is 9.47 Å². The summed E-state index contributed by atoms with van der Waals surface area (Å²) in [6, 6.07) is 8.02. The highest BCUT2D eigenvalue weighted by Crippen LogP contribution is 2.26. The third kappa shape index (κ3) is 3.71. The molecule has 0 saturated carbocycles. The number of hydrogen-bond acceptors (Lipinski definition) is 6. The molecule has 25 heavy (non-hydrogen) atoms. The van der Waals surface area contributed by atoms with Crippen LogP contribution in [0.3, 0.4) is 0 Å². The Morgan fingerprint density at radius 2 is 2.24 bits per heavy atom. The lowest BCUT2D eigenvalue weighted by Gasteiger charge is -2.33. The van der Waals surface area contributed by atoms with E-state index in [1.165, 1.54) is 0 Å². The van der Waals surface area contributed by atoms with Crippen LogP contribution in [-0.4, -0.2) is 60.3 Å². The van der Waals surface area contributed by atoms with Crippen molar-refractivity contribution in [2.75, 3.05) is 38.2 Å². The molecule has 2 aliphatic rings. The molecule has 0 radical (unpaired) electrons. The Kier molecular flexibility index (Phi) is 4.74. The quantitative estimate of drug-likeness (QED) is 0.833. The maximum absolute atomic E-state index is 6.00. The summed E-state index contributed by atoms with van der Waals surface area (Å²) in [6.07, 6.45) is 3.65. The summed E-state index contributed by atoms with van der Waals surface area (Å²) in [5.41, 5.74) is 1.00. The van der Waals surface area contributed by atoms with Crippen LogP contribution < -0.4 is 9.64 Å². The lowest BCUT2D eigenvalue weighted by atomic mass is 10.1. The van der Waals surface area contributed by atoms with Crippen LogP contribution in [0, 0.1) is 0 Å². The topological polar surface area (TPSA) is 50.7 Å². The Labute approximate surface area is 152 Å². The van der Waals surface area contributed by atoms with Crippen LogP contribution in [-0.2, 0) is 11.3 Å². The van der Waals surface area contributed by atoms with Crippen LogP contribution in [0.2, 0.25) is 5.02 Å². The molecule has 2 aliphatic heterocycles. The third-order valence-corrected chi connectivity index (χ3v) is 5.01. The summed E-state index contributed by atoms with van der Waals surface area (Å²) >= 11 is 6.00. The van der Waals surface area contributed by atoms with Crippen molar-refractivity contribution in [3.63, 3.8) is 0 Å². The van der Waals surface area contributed by atoms with Crippen molar-refractivity contribution in [3.05, 3.63) is 47.2 Å². The van der Waals surface area contributed by atoms with E-state index in [0.717, 1.165) is 37.6 Å².